The minimum atomic E-state index is -0.179. The highest BCUT2D eigenvalue weighted by molar-refractivity contribution is 5.90. The zero-order valence-electron chi connectivity index (χ0n) is 17.8. The zero-order valence-corrected chi connectivity index (χ0v) is 17.8. The van der Waals surface area contributed by atoms with E-state index in [4.69, 9.17) is 4.74 Å². The molecule has 0 atom stereocenters. The van der Waals surface area contributed by atoms with Crippen molar-refractivity contribution in [3.8, 4) is 34.2 Å². The van der Waals surface area contributed by atoms with Crippen molar-refractivity contribution >= 4 is 10.8 Å². The number of methoxy groups -OCH3 is 1. The monoisotopic (exact) mass is 423 g/mol. The second-order valence-corrected chi connectivity index (χ2v) is 7.99. The molecule has 1 aliphatic rings. The molecule has 1 aromatic heterocycles. The van der Waals surface area contributed by atoms with Gasteiger partial charge in [-0.25, -0.2) is 0 Å². The van der Waals surface area contributed by atoms with E-state index in [9.17, 15) is 15.5 Å². The number of fused-ring (bicyclic) bond motifs is 4. The molecular weight excluding hydrogens is 400 g/mol. The van der Waals surface area contributed by atoms with Gasteiger partial charge in [0.25, 0.3) is 5.69 Å². The number of aryl methyl sites for hydroxylation is 1. The molecule has 4 aromatic rings. The van der Waals surface area contributed by atoms with Crippen molar-refractivity contribution in [2.24, 2.45) is 0 Å². The molecule has 5 heteroatoms. The Balaban J connectivity index is 1.81. The summed E-state index contributed by atoms with van der Waals surface area (Å²) in [5.41, 5.74) is 7.18. The van der Waals surface area contributed by atoms with Gasteiger partial charge in [-0.3, -0.25) is 0 Å². The number of aliphatic hydroxyl groups excluding tert-OH is 2. The number of aromatic nitrogens is 1. The molecule has 158 valence electrons. The van der Waals surface area contributed by atoms with Crippen LogP contribution in [0.3, 0.4) is 0 Å². The number of ether oxygens (including phenoxy) is 1. The lowest BCUT2D eigenvalue weighted by Crippen LogP contribution is -2.43. The summed E-state index contributed by atoms with van der Waals surface area (Å²) in [7, 11) is 1.69. The van der Waals surface area contributed by atoms with Gasteiger partial charge in [-0.05, 0) is 51.9 Å². The Morgan fingerprint density at radius 2 is 1.72 bits per heavy atom. The summed E-state index contributed by atoms with van der Waals surface area (Å²) >= 11 is 0. The molecule has 0 fully saturated rings. The lowest BCUT2D eigenvalue weighted by Gasteiger charge is -2.20. The summed E-state index contributed by atoms with van der Waals surface area (Å²) < 4.78 is 7.78. The third kappa shape index (κ3) is 3.13. The molecule has 2 heterocycles. The number of pyridine rings is 1. The van der Waals surface area contributed by atoms with E-state index in [0.717, 1.165) is 45.3 Å². The maximum atomic E-state index is 10.0. The fourth-order valence-corrected chi connectivity index (χ4v) is 4.71. The first-order chi connectivity index (χ1) is 15.7. The molecule has 0 unspecified atom stereocenters. The molecule has 0 amide bonds. The van der Waals surface area contributed by atoms with Crippen molar-refractivity contribution in [1.29, 1.82) is 5.26 Å². The lowest BCUT2D eigenvalue weighted by molar-refractivity contribution is -0.688. The van der Waals surface area contributed by atoms with Crippen LogP contribution in [0.1, 0.15) is 22.4 Å². The molecule has 0 bridgehead atoms. The SMILES string of the molecule is COc1cc2c(cc1-c1ccccc1)-c1cc3cc(CO)c(CO)cc3c(C#N)[n+]1CC2. The lowest BCUT2D eigenvalue weighted by atomic mass is 9.90. The highest BCUT2D eigenvalue weighted by Crippen LogP contribution is 2.39. The van der Waals surface area contributed by atoms with Gasteiger partial charge in [0.05, 0.1) is 31.3 Å². The van der Waals surface area contributed by atoms with Crippen LogP contribution in [-0.4, -0.2) is 17.3 Å². The van der Waals surface area contributed by atoms with Crippen LogP contribution in [0.4, 0.5) is 0 Å². The minimum Gasteiger partial charge on any atom is -0.496 e. The van der Waals surface area contributed by atoms with E-state index in [1.807, 2.05) is 30.3 Å². The van der Waals surface area contributed by atoms with Crippen molar-refractivity contribution in [1.82, 2.24) is 0 Å². The van der Waals surface area contributed by atoms with E-state index < -0.39 is 0 Å². The molecule has 5 rings (SSSR count). The van der Waals surface area contributed by atoms with Crippen LogP contribution in [0.25, 0.3) is 33.2 Å². The fraction of sp³-hybridized carbons (Fsp3) is 0.185. The number of nitriles is 1. The van der Waals surface area contributed by atoms with E-state index in [1.54, 1.807) is 7.11 Å². The van der Waals surface area contributed by atoms with Gasteiger partial charge in [-0.2, -0.15) is 9.83 Å². The Morgan fingerprint density at radius 3 is 2.41 bits per heavy atom. The molecule has 0 aliphatic carbocycles. The van der Waals surface area contributed by atoms with Crippen LogP contribution in [-0.2, 0) is 26.2 Å². The van der Waals surface area contributed by atoms with Crippen LogP contribution in [0.15, 0.2) is 60.7 Å². The van der Waals surface area contributed by atoms with Gasteiger partial charge in [0.1, 0.15) is 5.75 Å². The molecule has 32 heavy (non-hydrogen) atoms. The highest BCUT2D eigenvalue weighted by atomic mass is 16.5. The first-order valence-corrected chi connectivity index (χ1v) is 10.6. The van der Waals surface area contributed by atoms with Crippen molar-refractivity contribution in [2.45, 2.75) is 26.2 Å². The Bertz CT molecular complexity index is 1390. The quantitative estimate of drug-likeness (QED) is 0.489. The number of benzene rings is 3. The van der Waals surface area contributed by atoms with E-state index in [1.165, 1.54) is 5.56 Å². The predicted octanol–water partition coefficient (Wildman–Crippen LogP) is 3.88. The van der Waals surface area contributed by atoms with Gasteiger partial charge in [0.2, 0.25) is 5.69 Å². The van der Waals surface area contributed by atoms with E-state index in [0.29, 0.717) is 23.4 Å². The highest BCUT2D eigenvalue weighted by Gasteiger charge is 2.30. The normalized spacial score (nSPS) is 12.2. The van der Waals surface area contributed by atoms with Crippen molar-refractivity contribution in [3.63, 3.8) is 0 Å². The summed E-state index contributed by atoms with van der Waals surface area (Å²) in [6.07, 6.45) is 0.792. The summed E-state index contributed by atoms with van der Waals surface area (Å²) in [6.45, 7) is 0.344. The number of hydrogen-bond acceptors (Lipinski definition) is 4. The largest absolute Gasteiger partial charge is 0.496 e. The standard InChI is InChI=1S/C27H23N2O3/c1-32-27-12-18-7-8-29-25(23(18)13-24(27)17-5-3-2-4-6-17)11-19-9-20(15-30)21(16-31)10-22(19)26(29)14-28/h2-6,9-13,30-31H,7-8,15-16H2,1H3/q+1. The van der Waals surface area contributed by atoms with Crippen LogP contribution < -0.4 is 9.30 Å². The first-order valence-electron chi connectivity index (χ1n) is 10.6. The average molecular weight is 423 g/mol. The molecule has 3 aromatic carbocycles. The Kier molecular flexibility index (Phi) is 5.10. The van der Waals surface area contributed by atoms with Gasteiger partial charge in [0, 0.05) is 18.1 Å². The van der Waals surface area contributed by atoms with Crippen LogP contribution >= 0.6 is 0 Å². The van der Waals surface area contributed by atoms with Crippen LogP contribution in [0.5, 0.6) is 5.75 Å². The van der Waals surface area contributed by atoms with Crippen LogP contribution in [0, 0.1) is 11.3 Å². The number of aliphatic hydroxyl groups is 2. The van der Waals surface area contributed by atoms with Gasteiger partial charge >= 0.3 is 0 Å². The van der Waals surface area contributed by atoms with Gasteiger partial charge in [-0.15, -0.1) is 0 Å². The van der Waals surface area contributed by atoms with E-state index in [-0.39, 0.29) is 13.2 Å². The maximum Gasteiger partial charge on any atom is 0.291 e. The van der Waals surface area contributed by atoms with E-state index >= 15 is 0 Å². The second kappa shape index (κ2) is 8.08. The summed E-state index contributed by atoms with van der Waals surface area (Å²) in [5, 5.41) is 31.2. The Labute approximate surface area is 186 Å². The summed E-state index contributed by atoms with van der Waals surface area (Å²) in [6, 6.07) is 22.5. The van der Waals surface area contributed by atoms with Crippen molar-refractivity contribution in [3.05, 3.63) is 83.0 Å². The first kappa shape index (κ1) is 20.2. The number of hydrogen-bond donors (Lipinski definition) is 2. The summed E-state index contributed by atoms with van der Waals surface area (Å²) in [5.74, 6) is 0.833. The van der Waals surface area contributed by atoms with Gasteiger partial charge in [0.15, 0.2) is 12.6 Å². The fourth-order valence-electron chi connectivity index (χ4n) is 4.71. The molecule has 0 saturated heterocycles. The smallest absolute Gasteiger partial charge is 0.291 e. The molecule has 0 saturated carbocycles. The third-order valence-electron chi connectivity index (χ3n) is 6.32. The second-order valence-electron chi connectivity index (χ2n) is 7.99. The van der Waals surface area contributed by atoms with Crippen molar-refractivity contribution in [2.75, 3.05) is 7.11 Å². The van der Waals surface area contributed by atoms with Crippen LogP contribution in [0.2, 0.25) is 0 Å². The van der Waals surface area contributed by atoms with Gasteiger partial charge in [-0.1, -0.05) is 30.3 Å². The number of rotatable bonds is 4. The van der Waals surface area contributed by atoms with Crippen molar-refractivity contribution < 1.29 is 19.5 Å². The molecule has 1 aliphatic heterocycles. The average Bonchev–Trinajstić information content (AvgIpc) is 2.85. The molecular formula is C27H23N2O3+. The van der Waals surface area contributed by atoms with Gasteiger partial charge < -0.3 is 14.9 Å². The summed E-state index contributed by atoms with van der Waals surface area (Å²) in [4.78, 5) is 0. The zero-order chi connectivity index (χ0) is 22.2. The molecule has 5 nitrogen and oxygen atoms in total. The minimum absolute atomic E-state index is 0.163. The Morgan fingerprint density at radius 1 is 0.969 bits per heavy atom. The number of nitrogens with zero attached hydrogens (tertiary/aromatic N) is 2. The molecule has 0 radical (unpaired) electrons. The molecule has 2 N–H and O–H groups in total. The third-order valence-corrected chi connectivity index (χ3v) is 6.32. The maximum absolute atomic E-state index is 10.0. The molecule has 0 spiro atoms. The Hall–Kier alpha value is -3.72. The topological polar surface area (TPSA) is 77.4 Å². The van der Waals surface area contributed by atoms with E-state index in [2.05, 4.69) is 41.0 Å². The predicted molar refractivity (Wildman–Crippen MR) is 122 cm³/mol.